The maximum absolute atomic E-state index is 5.93. The van der Waals surface area contributed by atoms with Gasteiger partial charge in [0.25, 0.3) is 0 Å². The molecular weight excluding hydrogens is 264 g/mol. The van der Waals surface area contributed by atoms with Gasteiger partial charge in [0.15, 0.2) is 11.5 Å². The zero-order valence-electron chi connectivity index (χ0n) is 10.2. The SMILES string of the molecule is COc1cc(Cl)ccc1Oc1cccc2occc12. The Hall–Kier alpha value is -2.13. The summed E-state index contributed by atoms with van der Waals surface area (Å²) in [4.78, 5) is 0. The van der Waals surface area contributed by atoms with Gasteiger partial charge in [0, 0.05) is 11.1 Å². The number of hydrogen-bond acceptors (Lipinski definition) is 3. The fourth-order valence-electron chi connectivity index (χ4n) is 1.90. The Morgan fingerprint density at radius 1 is 1.00 bits per heavy atom. The summed E-state index contributed by atoms with van der Waals surface area (Å²) in [5, 5.41) is 1.52. The van der Waals surface area contributed by atoms with E-state index >= 15 is 0 Å². The van der Waals surface area contributed by atoms with Crippen LogP contribution in [0.2, 0.25) is 5.02 Å². The van der Waals surface area contributed by atoms with E-state index in [1.807, 2.05) is 24.3 Å². The van der Waals surface area contributed by atoms with Crippen LogP contribution < -0.4 is 9.47 Å². The third-order valence-corrected chi connectivity index (χ3v) is 3.04. The van der Waals surface area contributed by atoms with Gasteiger partial charge in [-0.05, 0) is 30.3 Å². The minimum absolute atomic E-state index is 0.591. The van der Waals surface area contributed by atoms with E-state index < -0.39 is 0 Å². The summed E-state index contributed by atoms with van der Waals surface area (Å²) in [7, 11) is 1.58. The van der Waals surface area contributed by atoms with Crippen molar-refractivity contribution in [3.63, 3.8) is 0 Å². The molecule has 0 spiro atoms. The molecule has 0 aliphatic heterocycles. The quantitative estimate of drug-likeness (QED) is 0.682. The molecule has 1 aromatic heterocycles. The van der Waals surface area contributed by atoms with Crippen LogP contribution >= 0.6 is 11.6 Å². The molecule has 19 heavy (non-hydrogen) atoms. The van der Waals surface area contributed by atoms with Gasteiger partial charge in [-0.3, -0.25) is 0 Å². The van der Waals surface area contributed by atoms with Crippen molar-refractivity contribution in [3.8, 4) is 17.2 Å². The Labute approximate surface area is 115 Å². The summed E-state index contributed by atoms with van der Waals surface area (Å²) >= 11 is 5.93. The average molecular weight is 275 g/mol. The van der Waals surface area contributed by atoms with Crippen LogP contribution in [-0.2, 0) is 0 Å². The molecule has 0 N–H and O–H groups in total. The summed E-state index contributed by atoms with van der Waals surface area (Å²) in [5.41, 5.74) is 0.783. The molecule has 96 valence electrons. The van der Waals surface area contributed by atoms with E-state index in [0.717, 1.165) is 11.0 Å². The van der Waals surface area contributed by atoms with E-state index in [1.165, 1.54) is 0 Å². The lowest BCUT2D eigenvalue weighted by Gasteiger charge is -2.11. The molecule has 2 aromatic carbocycles. The largest absolute Gasteiger partial charge is 0.493 e. The van der Waals surface area contributed by atoms with Crippen LogP contribution in [0.25, 0.3) is 11.0 Å². The van der Waals surface area contributed by atoms with Crippen molar-refractivity contribution in [2.75, 3.05) is 7.11 Å². The first kappa shape index (κ1) is 11.9. The highest BCUT2D eigenvalue weighted by Gasteiger charge is 2.09. The van der Waals surface area contributed by atoms with Crippen molar-refractivity contribution in [1.82, 2.24) is 0 Å². The first-order chi connectivity index (χ1) is 9.28. The predicted molar refractivity (Wildman–Crippen MR) is 74.3 cm³/mol. The maximum Gasteiger partial charge on any atom is 0.169 e. The van der Waals surface area contributed by atoms with Crippen molar-refractivity contribution in [1.29, 1.82) is 0 Å². The Morgan fingerprint density at radius 2 is 1.89 bits per heavy atom. The highest BCUT2D eigenvalue weighted by atomic mass is 35.5. The van der Waals surface area contributed by atoms with Crippen molar-refractivity contribution < 1.29 is 13.9 Å². The Morgan fingerprint density at radius 3 is 2.74 bits per heavy atom. The van der Waals surface area contributed by atoms with Gasteiger partial charge >= 0.3 is 0 Å². The highest BCUT2D eigenvalue weighted by molar-refractivity contribution is 6.30. The normalized spacial score (nSPS) is 10.6. The molecule has 3 aromatic rings. The maximum atomic E-state index is 5.93. The number of furan rings is 1. The molecule has 0 fully saturated rings. The molecule has 0 bridgehead atoms. The molecule has 0 atom stereocenters. The third kappa shape index (κ3) is 2.25. The molecule has 0 saturated carbocycles. The zero-order chi connectivity index (χ0) is 13.2. The lowest BCUT2D eigenvalue weighted by Crippen LogP contribution is -1.90. The van der Waals surface area contributed by atoms with Crippen molar-refractivity contribution in [2.45, 2.75) is 0 Å². The summed E-state index contributed by atoms with van der Waals surface area (Å²) in [6.45, 7) is 0. The Bertz CT molecular complexity index is 718. The minimum Gasteiger partial charge on any atom is -0.493 e. The second-order valence-corrected chi connectivity index (χ2v) is 4.42. The number of methoxy groups -OCH3 is 1. The van der Waals surface area contributed by atoms with Gasteiger partial charge in [0.1, 0.15) is 11.3 Å². The molecule has 0 saturated heterocycles. The summed E-state index contributed by atoms with van der Waals surface area (Å²) in [6, 6.07) is 12.8. The van der Waals surface area contributed by atoms with Gasteiger partial charge in [0.2, 0.25) is 0 Å². The first-order valence-electron chi connectivity index (χ1n) is 5.75. The topological polar surface area (TPSA) is 31.6 Å². The monoisotopic (exact) mass is 274 g/mol. The number of halogens is 1. The number of benzene rings is 2. The first-order valence-corrected chi connectivity index (χ1v) is 6.13. The average Bonchev–Trinajstić information content (AvgIpc) is 2.90. The Kier molecular flexibility index (Phi) is 3.05. The molecule has 4 heteroatoms. The molecule has 1 heterocycles. The van der Waals surface area contributed by atoms with Crippen molar-refractivity contribution in [3.05, 3.63) is 53.8 Å². The summed E-state index contributed by atoms with van der Waals surface area (Å²) in [5.74, 6) is 1.92. The Balaban J connectivity index is 2.03. The number of ether oxygens (including phenoxy) is 2. The lowest BCUT2D eigenvalue weighted by atomic mass is 10.2. The molecule has 0 aliphatic rings. The number of fused-ring (bicyclic) bond motifs is 1. The highest BCUT2D eigenvalue weighted by Crippen LogP contribution is 2.36. The van der Waals surface area contributed by atoms with Crippen LogP contribution in [0.4, 0.5) is 0 Å². The van der Waals surface area contributed by atoms with Gasteiger partial charge in [-0.15, -0.1) is 0 Å². The van der Waals surface area contributed by atoms with E-state index in [-0.39, 0.29) is 0 Å². The fraction of sp³-hybridized carbons (Fsp3) is 0.0667. The molecule has 0 amide bonds. The van der Waals surface area contributed by atoms with Crippen molar-refractivity contribution in [2.24, 2.45) is 0 Å². The fourth-order valence-corrected chi connectivity index (χ4v) is 2.06. The zero-order valence-corrected chi connectivity index (χ0v) is 11.0. The molecule has 3 nitrogen and oxygen atoms in total. The van der Waals surface area contributed by atoms with Gasteiger partial charge in [-0.25, -0.2) is 0 Å². The van der Waals surface area contributed by atoms with E-state index in [1.54, 1.807) is 31.6 Å². The smallest absolute Gasteiger partial charge is 0.169 e. The molecule has 0 radical (unpaired) electrons. The molecule has 0 unspecified atom stereocenters. The third-order valence-electron chi connectivity index (χ3n) is 2.80. The summed E-state index contributed by atoms with van der Waals surface area (Å²) < 4.78 is 16.5. The second kappa shape index (κ2) is 4.86. The van der Waals surface area contributed by atoms with Crippen LogP contribution in [0.5, 0.6) is 17.2 Å². The lowest BCUT2D eigenvalue weighted by molar-refractivity contribution is 0.380. The predicted octanol–water partition coefficient (Wildman–Crippen LogP) is 4.89. The second-order valence-electron chi connectivity index (χ2n) is 3.99. The van der Waals surface area contributed by atoms with Gasteiger partial charge in [-0.2, -0.15) is 0 Å². The minimum atomic E-state index is 0.591. The molecule has 0 aliphatic carbocycles. The molecular formula is C15H11ClO3. The standard InChI is InChI=1S/C15H11ClO3/c1-17-15-9-10(16)5-6-14(15)19-13-4-2-3-12-11(13)7-8-18-12/h2-9H,1H3. The van der Waals surface area contributed by atoms with E-state index in [0.29, 0.717) is 22.3 Å². The van der Waals surface area contributed by atoms with Gasteiger partial charge in [-0.1, -0.05) is 17.7 Å². The van der Waals surface area contributed by atoms with Crippen LogP contribution in [0.1, 0.15) is 0 Å². The van der Waals surface area contributed by atoms with Crippen molar-refractivity contribution >= 4 is 22.6 Å². The van der Waals surface area contributed by atoms with Crippen LogP contribution in [0.15, 0.2) is 53.1 Å². The summed E-state index contributed by atoms with van der Waals surface area (Å²) in [6.07, 6.45) is 1.64. The molecule has 3 rings (SSSR count). The van der Waals surface area contributed by atoms with E-state index in [4.69, 9.17) is 25.5 Å². The van der Waals surface area contributed by atoms with Crippen LogP contribution in [-0.4, -0.2) is 7.11 Å². The van der Waals surface area contributed by atoms with Crippen LogP contribution in [0, 0.1) is 0 Å². The number of hydrogen-bond donors (Lipinski definition) is 0. The van der Waals surface area contributed by atoms with Gasteiger partial charge < -0.3 is 13.9 Å². The van der Waals surface area contributed by atoms with Crippen LogP contribution in [0.3, 0.4) is 0 Å². The van der Waals surface area contributed by atoms with E-state index in [2.05, 4.69) is 0 Å². The number of rotatable bonds is 3. The van der Waals surface area contributed by atoms with Gasteiger partial charge in [0.05, 0.1) is 18.8 Å². The van der Waals surface area contributed by atoms with E-state index in [9.17, 15) is 0 Å².